The maximum Gasteiger partial charge on any atom is 0.317 e. The first-order valence-corrected chi connectivity index (χ1v) is 9.01. The van der Waals surface area contributed by atoms with Gasteiger partial charge in [-0.15, -0.1) is 0 Å². The number of nitrogens with zero attached hydrogens (tertiary/aromatic N) is 1. The quantitative estimate of drug-likeness (QED) is 0.848. The summed E-state index contributed by atoms with van der Waals surface area (Å²) in [5, 5.41) is 12.5. The number of benzene rings is 2. The van der Waals surface area contributed by atoms with Gasteiger partial charge in [0, 0.05) is 25.6 Å². The molecule has 2 N–H and O–H groups in total. The molecular weight excluding hydrogens is 312 g/mol. The predicted molar refractivity (Wildman–Crippen MR) is 99.2 cm³/mol. The summed E-state index contributed by atoms with van der Waals surface area (Å²) < 4.78 is 0. The summed E-state index contributed by atoms with van der Waals surface area (Å²) in [4.78, 5) is 14.5. The average molecular weight is 338 g/mol. The van der Waals surface area contributed by atoms with Gasteiger partial charge in [0.2, 0.25) is 0 Å². The maximum absolute atomic E-state index is 12.6. The molecule has 1 fully saturated rings. The van der Waals surface area contributed by atoms with Crippen LogP contribution in [-0.2, 0) is 6.42 Å². The molecule has 1 heterocycles. The van der Waals surface area contributed by atoms with Crippen molar-refractivity contribution in [3.63, 3.8) is 0 Å². The number of likely N-dealkylation sites (tertiary alicyclic amines) is 1. The summed E-state index contributed by atoms with van der Waals surface area (Å²) in [6.07, 6.45) is 2.65. The number of aryl methyl sites for hydroxylation is 1. The van der Waals surface area contributed by atoms with Crippen LogP contribution in [0.5, 0.6) is 0 Å². The van der Waals surface area contributed by atoms with Crippen LogP contribution in [0.25, 0.3) is 0 Å². The van der Waals surface area contributed by atoms with Crippen molar-refractivity contribution in [3.05, 3.63) is 71.8 Å². The third kappa shape index (κ3) is 4.83. The number of hydrogen-bond acceptors (Lipinski definition) is 2. The second kappa shape index (κ2) is 8.67. The lowest BCUT2D eigenvalue weighted by molar-refractivity contribution is 0.194. The molecule has 0 aliphatic carbocycles. The Labute approximate surface area is 149 Å². The van der Waals surface area contributed by atoms with E-state index in [1.807, 2.05) is 41.3 Å². The number of aliphatic hydroxyl groups excluding tert-OH is 1. The molecule has 25 heavy (non-hydrogen) atoms. The molecule has 4 heteroatoms. The molecule has 0 bridgehead atoms. The van der Waals surface area contributed by atoms with Crippen LogP contribution in [0.1, 0.15) is 30.0 Å². The van der Waals surface area contributed by atoms with E-state index in [0.717, 1.165) is 31.4 Å². The van der Waals surface area contributed by atoms with E-state index in [1.54, 1.807) is 0 Å². The zero-order valence-electron chi connectivity index (χ0n) is 14.5. The number of amides is 2. The van der Waals surface area contributed by atoms with Crippen LogP contribution in [0.3, 0.4) is 0 Å². The largest absolute Gasteiger partial charge is 0.396 e. The second-order valence-corrected chi connectivity index (χ2v) is 6.72. The Balaban J connectivity index is 1.65. The third-order valence-electron chi connectivity index (χ3n) is 4.90. The summed E-state index contributed by atoms with van der Waals surface area (Å²) in [5.74, 6) is 0.213. The molecule has 0 saturated carbocycles. The van der Waals surface area contributed by atoms with Crippen LogP contribution in [-0.4, -0.2) is 35.7 Å². The van der Waals surface area contributed by atoms with Crippen LogP contribution in [0.2, 0.25) is 0 Å². The lowest BCUT2D eigenvalue weighted by Crippen LogP contribution is -2.40. The molecule has 132 valence electrons. The fraction of sp³-hybridized carbons (Fsp3) is 0.381. The van der Waals surface area contributed by atoms with Crippen molar-refractivity contribution in [2.45, 2.75) is 25.3 Å². The first kappa shape index (κ1) is 17.5. The van der Waals surface area contributed by atoms with Gasteiger partial charge in [0.1, 0.15) is 0 Å². The molecule has 2 atom stereocenters. The van der Waals surface area contributed by atoms with Crippen LogP contribution in [0.15, 0.2) is 60.7 Å². The smallest absolute Gasteiger partial charge is 0.317 e. The SMILES string of the molecule is O=C(NC(CCc1ccccc1)c1ccccc1)N1CCC(CO)C1. The Morgan fingerprint density at radius 1 is 1.12 bits per heavy atom. The van der Waals surface area contributed by atoms with Gasteiger partial charge in [0.15, 0.2) is 0 Å². The highest BCUT2D eigenvalue weighted by atomic mass is 16.3. The van der Waals surface area contributed by atoms with Crippen molar-refractivity contribution in [3.8, 4) is 0 Å². The third-order valence-corrected chi connectivity index (χ3v) is 4.90. The molecule has 2 aromatic rings. The van der Waals surface area contributed by atoms with Crippen molar-refractivity contribution in [1.29, 1.82) is 0 Å². The Hall–Kier alpha value is -2.33. The van der Waals surface area contributed by atoms with Crippen LogP contribution >= 0.6 is 0 Å². The number of urea groups is 1. The molecule has 0 radical (unpaired) electrons. The lowest BCUT2D eigenvalue weighted by Gasteiger charge is -2.24. The minimum Gasteiger partial charge on any atom is -0.396 e. The van der Waals surface area contributed by atoms with Gasteiger partial charge in [-0.25, -0.2) is 4.79 Å². The minimum atomic E-state index is -0.0298. The fourth-order valence-corrected chi connectivity index (χ4v) is 3.37. The van der Waals surface area contributed by atoms with Gasteiger partial charge < -0.3 is 15.3 Å². The minimum absolute atomic E-state index is 0.0120. The topological polar surface area (TPSA) is 52.6 Å². The molecule has 1 aliphatic heterocycles. The van der Waals surface area contributed by atoms with E-state index < -0.39 is 0 Å². The number of aliphatic hydroxyl groups is 1. The fourth-order valence-electron chi connectivity index (χ4n) is 3.37. The van der Waals surface area contributed by atoms with Gasteiger partial charge in [0.05, 0.1) is 6.04 Å². The number of nitrogens with one attached hydrogen (secondary N) is 1. The summed E-state index contributed by atoms with van der Waals surface area (Å²) in [6.45, 7) is 1.51. The first-order valence-electron chi connectivity index (χ1n) is 9.01. The Morgan fingerprint density at radius 2 is 1.80 bits per heavy atom. The zero-order valence-corrected chi connectivity index (χ0v) is 14.5. The Kier molecular flexibility index (Phi) is 6.07. The van der Waals surface area contributed by atoms with Gasteiger partial charge in [-0.3, -0.25) is 0 Å². The molecule has 3 rings (SSSR count). The van der Waals surface area contributed by atoms with E-state index in [2.05, 4.69) is 29.6 Å². The Bertz CT molecular complexity index is 660. The number of hydrogen-bond donors (Lipinski definition) is 2. The molecular formula is C21H26N2O2. The van der Waals surface area contributed by atoms with Gasteiger partial charge in [-0.05, 0) is 30.4 Å². The van der Waals surface area contributed by atoms with Crippen molar-refractivity contribution in [2.75, 3.05) is 19.7 Å². The number of carbonyl (C=O) groups excluding carboxylic acids is 1. The highest BCUT2D eigenvalue weighted by Crippen LogP contribution is 2.21. The molecule has 1 aliphatic rings. The normalized spacial score (nSPS) is 18.1. The summed E-state index contributed by atoms with van der Waals surface area (Å²) in [6, 6.07) is 20.5. The molecule has 4 nitrogen and oxygen atoms in total. The molecule has 2 aromatic carbocycles. The van der Waals surface area contributed by atoms with E-state index in [4.69, 9.17) is 0 Å². The molecule has 0 spiro atoms. The van der Waals surface area contributed by atoms with Crippen LogP contribution in [0, 0.1) is 5.92 Å². The van der Waals surface area contributed by atoms with E-state index in [0.29, 0.717) is 6.54 Å². The van der Waals surface area contributed by atoms with Gasteiger partial charge in [0.25, 0.3) is 0 Å². The van der Waals surface area contributed by atoms with E-state index in [-0.39, 0.29) is 24.6 Å². The lowest BCUT2D eigenvalue weighted by atomic mass is 9.99. The standard InChI is InChI=1S/C21H26N2O2/c24-16-18-13-14-23(15-18)21(25)22-20(19-9-5-2-6-10-19)12-11-17-7-3-1-4-8-17/h1-10,18,20,24H,11-16H2,(H,22,25). The monoisotopic (exact) mass is 338 g/mol. The van der Waals surface area contributed by atoms with E-state index in [1.165, 1.54) is 5.56 Å². The van der Waals surface area contributed by atoms with E-state index >= 15 is 0 Å². The average Bonchev–Trinajstić information content (AvgIpc) is 3.16. The summed E-state index contributed by atoms with van der Waals surface area (Å²) >= 11 is 0. The van der Waals surface area contributed by atoms with Crippen LogP contribution in [0.4, 0.5) is 4.79 Å². The number of rotatable bonds is 6. The van der Waals surface area contributed by atoms with Gasteiger partial charge >= 0.3 is 6.03 Å². The number of carbonyl (C=O) groups is 1. The molecule has 2 amide bonds. The zero-order chi connectivity index (χ0) is 17.5. The second-order valence-electron chi connectivity index (χ2n) is 6.72. The van der Waals surface area contributed by atoms with Crippen molar-refractivity contribution >= 4 is 6.03 Å². The molecule has 0 aromatic heterocycles. The van der Waals surface area contributed by atoms with Crippen molar-refractivity contribution in [1.82, 2.24) is 10.2 Å². The van der Waals surface area contributed by atoms with Crippen LogP contribution < -0.4 is 5.32 Å². The Morgan fingerprint density at radius 3 is 2.44 bits per heavy atom. The van der Waals surface area contributed by atoms with E-state index in [9.17, 15) is 9.90 Å². The summed E-state index contributed by atoms with van der Waals surface area (Å²) in [7, 11) is 0. The van der Waals surface area contributed by atoms with Crippen molar-refractivity contribution in [2.24, 2.45) is 5.92 Å². The molecule has 2 unspecified atom stereocenters. The maximum atomic E-state index is 12.6. The van der Waals surface area contributed by atoms with Gasteiger partial charge in [-0.1, -0.05) is 60.7 Å². The summed E-state index contributed by atoms with van der Waals surface area (Å²) in [5.41, 5.74) is 2.41. The first-order chi connectivity index (χ1) is 12.3. The molecule has 1 saturated heterocycles. The highest BCUT2D eigenvalue weighted by molar-refractivity contribution is 5.75. The van der Waals surface area contributed by atoms with Gasteiger partial charge in [-0.2, -0.15) is 0 Å². The van der Waals surface area contributed by atoms with Crippen molar-refractivity contribution < 1.29 is 9.90 Å². The highest BCUT2D eigenvalue weighted by Gasteiger charge is 2.27. The predicted octanol–water partition coefficient (Wildman–Crippen LogP) is 3.38.